The molecule has 0 aliphatic heterocycles. The topological polar surface area (TPSA) is 9.23 Å². The molecule has 0 N–H and O–H groups in total. The van der Waals surface area contributed by atoms with Gasteiger partial charge in [-0.1, -0.05) is 76.5 Å². The highest BCUT2D eigenvalue weighted by atomic mass is 19.2. The smallest absolute Gasteiger partial charge is 0.194 e. The molecule has 1 fully saturated rings. The summed E-state index contributed by atoms with van der Waals surface area (Å²) in [5.74, 6) is -5.16. The fourth-order valence-corrected chi connectivity index (χ4v) is 5.98. The molecule has 1 aliphatic carbocycles. The lowest BCUT2D eigenvalue weighted by atomic mass is 9.76. The largest absolute Gasteiger partial charge is 0.453 e. The van der Waals surface area contributed by atoms with E-state index in [0.717, 1.165) is 37.8 Å². The average Bonchev–Trinajstić information content (AvgIpc) is 2.94. The summed E-state index contributed by atoms with van der Waals surface area (Å²) in [5.41, 5.74) is 0.631. The van der Waals surface area contributed by atoms with E-state index in [1.54, 1.807) is 25.1 Å². The molecule has 0 amide bonds. The number of halogens is 5. The monoisotopic (exact) mass is 558 g/mol. The SMILES string of the molecule is CCCCCCCCCC1CCC(c2c(F)cc(C)c(Oc3ccccc3-c3cc(F)c(F)c(F)c3)c2F)CC1. The molecule has 4 rings (SSSR count). The summed E-state index contributed by atoms with van der Waals surface area (Å²) in [6, 6.07) is 9.37. The van der Waals surface area contributed by atoms with Crippen LogP contribution in [0.4, 0.5) is 22.0 Å². The summed E-state index contributed by atoms with van der Waals surface area (Å²) in [6.07, 6.45) is 13.5. The van der Waals surface area contributed by atoms with Gasteiger partial charge in [-0.3, -0.25) is 0 Å². The molecule has 0 aromatic heterocycles. The normalized spacial score (nSPS) is 17.3. The molecular weight excluding hydrogens is 519 g/mol. The Morgan fingerprint density at radius 1 is 0.725 bits per heavy atom. The summed E-state index contributed by atoms with van der Waals surface area (Å²) >= 11 is 0. The van der Waals surface area contributed by atoms with Gasteiger partial charge in [0.15, 0.2) is 29.0 Å². The number of para-hydroxylation sites is 1. The highest BCUT2D eigenvalue weighted by Gasteiger charge is 2.29. The molecule has 0 heterocycles. The number of hydrogen-bond donors (Lipinski definition) is 0. The highest BCUT2D eigenvalue weighted by molar-refractivity contribution is 5.71. The summed E-state index contributed by atoms with van der Waals surface area (Å²) in [5, 5.41) is 0. The van der Waals surface area contributed by atoms with E-state index >= 15 is 8.78 Å². The zero-order chi connectivity index (χ0) is 28.6. The first-order valence-electron chi connectivity index (χ1n) is 14.7. The minimum atomic E-state index is -1.57. The van der Waals surface area contributed by atoms with Gasteiger partial charge in [0.05, 0.1) is 0 Å². The van der Waals surface area contributed by atoms with Crippen LogP contribution < -0.4 is 4.74 Å². The second kappa shape index (κ2) is 14.1. The lowest BCUT2D eigenvalue weighted by molar-refractivity contribution is 0.292. The van der Waals surface area contributed by atoms with E-state index in [1.165, 1.54) is 63.5 Å². The number of aryl methyl sites for hydroxylation is 1. The lowest BCUT2D eigenvalue weighted by Crippen LogP contribution is -2.16. The van der Waals surface area contributed by atoms with Crippen LogP contribution in [-0.2, 0) is 0 Å². The molecule has 1 nitrogen and oxygen atoms in total. The van der Waals surface area contributed by atoms with Crippen molar-refractivity contribution in [1.82, 2.24) is 0 Å². The quantitative estimate of drug-likeness (QED) is 0.122. The second-order valence-electron chi connectivity index (χ2n) is 11.2. The van der Waals surface area contributed by atoms with Crippen LogP contribution in [0, 0.1) is 41.9 Å². The number of ether oxygens (including phenoxy) is 1. The Balaban J connectivity index is 1.46. The minimum absolute atomic E-state index is 0.0475. The molecule has 6 heteroatoms. The maximum atomic E-state index is 15.9. The van der Waals surface area contributed by atoms with E-state index in [1.807, 2.05) is 0 Å². The van der Waals surface area contributed by atoms with Gasteiger partial charge in [0.1, 0.15) is 11.6 Å². The summed E-state index contributed by atoms with van der Waals surface area (Å²) in [7, 11) is 0. The summed E-state index contributed by atoms with van der Waals surface area (Å²) in [6.45, 7) is 3.78. The molecule has 3 aromatic rings. The fraction of sp³-hybridized carbons (Fsp3) is 0.471. The molecule has 0 spiro atoms. The first kappa shape index (κ1) is 30.1. The molecular formula is C34H39F5O. The standard InChI is InChI=1S/C34H39F5O/c1-3-4-5-6-7-8-9-12-23-15-17-24(18-16-23)31-27(35)19-22(2)34(33(31)39)40-30-14-11-10-13-26(30)25-20-28(36)32(38)29(37)21-25/h10-11,13-14,19-21,23-24H,3-9,12,15-18H2,1-2H3. The Hall–Kier alpha value is -2.89. The summed E-state index contributed by atoms with van der Waals surface area (Å²) < 4.78 is 78.4. The molecule has 1 saturated carbocycles. The van der Waals surface area contributed by atoms with Crippen molar-refractivity contribution in [3.63, 3.8) is 0 Å². The van der Waals surface area contributed by atoms with Crippen LogP contribution in [0.15, 0.2) is 42.5 Å². The molecule has 0 saturated heterocycles. The van der Waals surface area contributed by atoms with Gasteiger partial charge in [0.25, 0.3) is 0 Å². The van der Waals surface area contributed by atoms with E-state index in [9.17, 15) is 13.2 Å². The zero-order valence-corrected chi connectivity index (χ0v) is 23.5. The Kier molecular flexibility index (Phi) is 10.6. The molecule has 0 bridgehead atoms. The highest BCUT2D eigenvalue weighted by Crippen LogP contribution is 2.44. The third-order valence-corrected chi connectivity index (χ3v) is 8.26. The van der Waals surface area contributed by atoms with Crippen LogP contribution >= 0.6 is 0 Å². The number of unbranched alkanes of at least 4 members (excludes halogenated alkanes) is 6. The maximum Gasteiger partial charge on any atom is 0.194 e. The molecule has 0 unspecified atom stereocenters. The maximum absolute atomic E-state index is 15.9. The van der Waals surface area contributed by atoms with Gasteiger partial charge >= 0.3 is 0 Å². The molecule has 0 atom stereocenters. The fourth-order valence-electron chi connectivity index (χ4n) is 5.98. The van der Waals surface area contributed by atoms with Crippen molar-refractivity contribution in [3.05, 3.63) is 82.7 Å². The average molecular weight is 559 g/mol. The number of benzene rings is 3. The first-order valence-corrected chi connectivity index (χ1v) is 14.7. The van der Waals surface area contributed by atoms with Crippen molar-refractivity contribution >= 4 is 0 Å². The Morgan fingerprint density at radius 3 is 2.02 bits per heavy atom. The number of rotatable bonds is 12. The second-order valence-corrected chi connectivity index (χ2v) is 11.2. The van der Waals surface area contributed by atoms with E-state index in [-0.39, 0.29) is 39.7 Å². The van der Waals surface area contributed by atoms with Crippen molar-refractivity contribution in [3.8, 4) is 22.6 Å². The van der Waals surface area contributed by atoms with Crippen LogP contribution in [0.5, 0.6) is 11.5 Å². The van der Waals surface area contributed by atoms with Crippen LogP contribution in [-0.4, -0.2) is 0 Å². The molecule has 1 aliphatic rings. The van der Waals surface area contributed by atoms with E-state index < -0.39 is 29.1 Å². The Labute approximate surface area is 234 Å². The van der Waals surface area contributed by atoms with Crippen LogP contribution in [0.25, 0.3) is 11.1 Å². The first-order chi connectivity index (χ1) is 19.3. The van der Waals surface area contributed by atoms with Crippen LogP contribution in [0.3, 0.4) is 0 Å². The van der Waals surface area contributed by atoms with E-state index in [2.05, 4.69) is 6.92 Å². The molecule has 0 radical (unpaired) electrons. The van der Waals surface area contributed by atoms with Gasteiger partial charge < -0.3 is 4.74 Å². The molecule has 3 aromatic carbocycles. The van der Waals surface area contributed by atoms with Gasteiger partial charge in [-0.25, -0.2) is 22.0 Å². The molecule has 40 heavy (non-hydrogen) atoms. The van der Waals surface area contributed by atoms with Crippen molar-refractivity contribution in [2.24, 2.45) is 5.92 Å². The van der Waals surface area contributed by atoms with Gasteiger partial charge in [0, 0.05) is 11.1 Å². The minimum Gasteiger partial charge on any atom is -0.453 e. The third-order valence-electron chi connectivity index (χ3n) is 8.26. The van der Waals surface area contributed by atoms with Crippen LogP contribution in [0.2, 0.25) is 0 Å². The van der Waals surface area contributed by atoms with Crippen LogP contribution in [0.1, 0.15) is 101 Å². The predicted octanol–water partition coefficient (Wildman–Crippen LogP) is 11.6. The zero-order valence-electron chi connectivity index (χ0n) is 23.5. The Bertz CT molecular complexity index is 1260. The van der Waals surface area contributed by atoms with Gasteiger partial charge in [0.2, 0.25) is 0 Å². The van der Waals surface area contributed by atoms with E-state index in [4.69, 9.17) is 4.74 Å². The van der Waals surface area contributed by atoms with Gasteiger partial charge in [-0.2, -0.15) is 0 Å². The van der Waals surface area contributed by atoms with Gasteiger partial charge in [-0.15, -0.1) is 0 Å². The van der Waals surface area contributed by atoms with Gasteiger partial charge in [-0.05, 0) is 79.8 Å². The van der Waals surface area contributed by atoms with Crippen molar-refractivity contribution in [2.75, 3.05) is 0 Å². The van der Waals surface area contributed by atoms with Crippen molar-refractivity contribution < 1.29 is 26.7 Å². The summed E-state index contributed by atoms with van der Waals surface area (Å²) in [4.78, 5) is 0. The lowest BCUT2D eigenvalue weighted by Gasteiger charge is -2.30. The Morgan fingerprint density at radius 2 is 1.35 bits per heavy atom. The third kappa shape index (κ3) is 7.24. The number of hydrogen-bond acceptors (Lipinski definition) is 1. The van der Waals surface area contributed by atoms with E-state index in [0.29, 0.717) is 5.92 Å². The predicted molar refractivity (Wildman–Crippen MR) is 150 cm³/mol. The molecule has 216 valence electrons. The van der Waals surface area contributed by atoms with Crippen molar-refractivity contribution in [1.29, 1.82) is 0 Å². The van der Waals surface area contributed by atoms with Crippen molar-refractivity contribution in [2.45, 2.75) is 96.8 Å².